The number of rotatable bonds is 10. The van der Waals surface area contributed by atoms with E-state index in [1.54, 1.807) is 0 Å². The monoisotopic (exact) mass is 318 g/mol. The van der Waals surface area contributed by atoms with Crippen LogP contribution in [0.4, 0.5) is 0 Å². The second kappa shape index (κ2) is 9.77. The van der Waals surface area contributed by atoms with Crippen molar-refractivity contribution in [3.63, 3.8) is 0 Å². The van der Waals surface area contributed by atoms with E-state index >= 15 is 0 Å². The Balaban J connectivity index is 0. The number of carboxylic acids is 3. The largest absolute Gasteiger partial charge is 0.481 e. The van der Waals surface area contributed by atoms with Crippen LogP contribution >= 0.6 is 19.8 Å². The number of carbonyl (C=O) groups is 3. The van der Waals surface area contributed by atoms with Gasteiger partial charge in [0.05, 0.1) is 25.9 Å². The van der Waals surface area contributed by atoms with Crippen LogP contribution < -0.4 is 0 Å². The van der Waals surface area contributed by atoms with Crippen molar-refractivity contribution in [2.24, 2.45) is 0 Å². The van der Waals surface area contributed by atoms with Crippen molar-refractivity contribution in [1.82, 2.24) is 0 Å². The van der Waals surface area contributed by atoms with Crippen molar-refractivity contribution < 1.29 is 38.8 Å². The zero-order valence-corrected chi connectivity index (χ0v) is 11.7. The first-order chi connectivity index (χ1) is 8.25. The summed E-state index contributed by atoms with van der Waals surface area (Å²) in [6.07, 6.45) is -1.79. The average molecular weight is 319 g/mol. The lowest BCUT2D eigenvalue weighted by Crippen LogP contribution is -2.10. The van der Waals surface area contributed by atoms with Crippen molar-refractivity contribution >= 4 is 37.7 Å². The van der Waals surface area contributed by atoms with E-state index in [1.165, 1.54) is 0 Å². The third kappa shape index (κ3) is 11.7. The van der Waals surface area contributed by atoms with Crippen LogP contribution in [0, 0.1) is 0 Å². The quantitative estimate of drug-likeness (QED) is 0.509. The van der Waals surface area contributed by atoms with Crippen molar-refractivity contribution in [3.8, 4) is 0 Å². The molecule has 0 amide bonds. The van der Waals surface area contributed by atoms with E-state index in [1.807, 2.05) is 0 Å². The molecule has 0 aliphatic heterocycles. The molecule has 0 unspecified atom stereocenters. The summed E-state index contributed by atoms with van der Waals surface area (Å²) in [6, 6.07) is 0. The molecule has 112 valence electrons. The second-order valence-corrected chi connectivity index (χ2v) is 6.31. The fourth-order valence-electron chi connectivity index (χ4n) is 1.07. The highest BCUT2D eigenvalue weighted by atomic mass is 35.5. The van der Waals surface area contributed by atoms with E-state index in [0.717, 1.165) is 0 Å². The summed E-state index contributed by atoms with van der Waals surface area (Å²) in [7, 11) is -3.41. The standard InChI is InChI=1S/C9H15O8P.ClH/c10-7(11)1-4-17-18(16,5-2-8(12)13)6-3-9(14)15;/h1-6H2,(H,10,11)(H,12,13)(H,14,15);1H. The smallest absolute Gasteiger partial charge is 0.305 e. The molecule has 0 aliphatic carbocycles. The average Bonchev–Trinajstić information content (AvgIpc) is 2.23. The second-order valence-electron chi connectivity index (χ2n) is 3.53. The highest BCUT2D eigenvalue weighted by Crippen LogP contribution is 2.48. The molecule has 3 N–H and O–H groups in total. The first-order valence-electron chi connectivity index (χ1n) is 5.13. The van der Waals surface area contributed by atoms with E-state index in [4.69, 9.17) is 19.8 Å². The molecular formula is C9H16ClO8P. The molecule has 0 radical (unpaired) electrons. The highest BCUT2D eigenvalue weighted by molar-refractivity contribution is 7.59. The van der Waals surface area contributed by atoms with Crippen molar-refractivity contribution in [1.29, 1.82) is 0 Å². The van der Waals surface area contributed by atoms with Crippen LogP contribution in [0.25, 0.3) is 0 Å². The van der Waals surface area contributed by atoms with E-state index in [-0.39, 0.29) is 37.8 Å². The van der Waals surface area contributed by atoms with Gasteiger partial charge in [-0.3, -0.25) is 18.9 Å². The Bertz CT molecular complexity index is 347. The zero-order chi connectivity index (χ0) is 14.2. The number of aliphatic carboxylic acids is 3. The summed E-state index contributed by atoms with van der Waals surface area (Å²) in [5.41, 5.74) is 0. The summed E-state index contributed by atoms with van der Waals surface area (Å²) < 4.78 is 17.0. The predicted molar refractivity (Wildman–Crippen MR) is 67.3 cm³/mol. The number of halogens is 1. The van der Waals surface area contributed by atoms with Gasteiger partial charge in [-0.1, -0.05) is 0 Å². The molecule has 8 nitrogen and oxygen atoms in total. The van der Waals surface area contributed by atoms with Crippen LogP contribution in [0.2, 0.25) is 0 Å². The van der Waals surface area contributed by atoms with Crippen LogP contribution in [0.15, 0.2) is 0 Å². The van der Waals surface area contributed by atoms with E-state index in [2.05, 4.69) is 0 Å². The molecule has 0 aliphatic rings. The summed E-state index contributed by atoms with van der Waals surface area (Å²) in [6.45, 7) is -0.328. The highest BCUT2D eigenvalue weighted by Gasteiger charge is 2.25. The summed E-state index contributed by atoms with van der Waals surface area (Å²) in [5, 5.41) is 25.4. The topological polar surface area (TPSA) is 138 Å². The first kappa shape index (κ1) is 20.2. The van der Waals surface area contributed by atoms with E-state index in [0.29, 0.717) is 0 Å². The fraction of sp³-hybridized carbons (Fsp3) is 0.667. The van der Waals surface area contributed by atoms with Gasteiger partial charge in [-0.2, -0.15) is 0 Å². The molecule has 0 heterocycles. The minimum Gasteiger partial charge on any atom is -0.481 e. The molecular weight excluding hydrogens is 303 g/mol. The molecule has 0 saturated heterocycles. The molecule has 0 atom stereocenters. The lowest BCUT2D eigenvalue weighted by atomic mass is 10.5. The number of carboxylic acid groups (broad SMARTS) is 3. The third-order valence-electron chi connectivity index (χ3n) is 1.98. The van der Waals surface area contributed by atoms with Gasteiger partial charge in [0.25, 0.3) is 0 Å². The van der Waals surface area contributed by atoms with Gasteiger partial charge >= 0.3 is 17.9 Å². The minimum absolute atomic E-state index is 0. The molecule has 0 rings (SSSR count). The molecule has 0 bridgehead atoms. The molecule has 0 aromatic heterocycles. The SMILES string of the molecule is Cl.O=C(O)CCOP(=O)(CCC(=O)O)CCC(=O)O. The molecule has 0 aromatic rings. The molecule has 0 saturated carbocycles. The fourth-order valence-corrected chi connectivity index (χ4v) is 3.04. The van der Waals surface area contributed by atoms with Gasteiger partial charge in [0.15, 0.2) is 0 Å². The first-order valence-corrected chi connectivity index (χ1v) is 7.13. The molecule has 0 aromatic carbocycles. The maximum Gasteiger partial charge on any atom is 0.305 e. The van der Waals surface area contributed by atoms with Crippen molar-refractivity contribution in [2.75, 3.05) is 18.9 Å². The van der Waals surface area contributed by atoms with Crippen molar-refractivity contribution in [3.05, 3.63) is 0 Å². The van der Waals surface area contributed by atoms with Gasteiger partial charge in [0.1, 0.15) is 0 Å². The van der Waals surface area contributed by atoms with Crippen LogP contribution in [0.5, 0.6) is 0 Å². The lowest BCUT2D eigenvalue weighted by Gasteiger charge is -2.16. The lowest BCUT2D eigenvalue weighted by molar-refractivity contribution is -0.138. The predicted octanol–water partition coefficient (Wildman–Crippen LogP) is 1.13. The number of hydrogen-bond acceptors (Lipinski definition) is 5. The van der Waals surface area contributed by atoms with Gasteiger partial charge in [-0.25, -0.2) is 0 Å². The van der Waals surface area contributed by atoms with E-state index < -0.39 is 38.1 Å². The van der Waals surface area contributed by atoms with E-state index in [9.17, 15) is 18.9 Å². The molecule has 19 heavy (non-hydrogen) atoms. The van der Waals surface area contributed by atoms with Gasteiger partial charge in [0.2, 0.25) is 7.37 Å². The van der Waals surface area contributed by atoms with Crippen LogP contribution in [0.3, 0.4) is 0 Å². The van der Waals surface area contributed by atoms with Gasteiger partial charge in [-0.15, -0.1) is 12.4 Å². The van der Waals surface area contributed by atoms with Crippen LogP contribution in [0.1, 0.15) is 19.3 Å². The Morgan fingerprint density at radius 1 is 0.842 bits per heavy atom. The Morgan fingerprint density at radius 2 is 1.21 bits per heavy atom. The Morgan fingerprint density at radius 3 is 1.53 bits per heavy atom. The molecule has 0 fully saturated rings. The van der Waals surface area contributed by atoms with Crippen LogP contribution in [-0.4, -0.2) is 52.2 Å². The molecule has 0 spiro atoms. The summed E-state index contributed by atoms with van der Waals surface area (Å²) in [4.78, 5) is 31.0. The van der Waals surface area contributed by atoms with Gasteiger partial charge in [-0.05, 0) is 0 Å². The summed E-state index contributed by atoms with van der Waals surface area (Å²) >= 11 is 0. The Hall–Kier alpha value is -1.11. The zero-order valence-electron chi connectivity index (χ0n) is 9.98. The minimum atomic E-state index is -3.41. The summed E-state index contributed by atoms with van der Waals surface area (Å²) in [5.74, 6) is -3.49. The number of hydrogen-bond donors (Lipinski definition) is 3. The van der Waals surface area contributed by atoms with Gasteiger partial charge < -0.3 is 19.8 Å². The Kier molecular flexibility index (Phi) is 10.4. The van der Waals surface area contributed by atoms with Crippen molar-refractivity contribution in [2.45, 2.75) is 19.3 Å². The normalized spacial score (nSPS) is 10.5. The molecule has 10 heteroatoms. The third-order valence-corrected chi connectivity index (χ3v) is 4.44. The maximum atomic E-state index is 12.1. The Labute approximate surface area is 115 Å². The van der Waals surface area contributed by atoms with Gasteiger partial charge in [0, 0.05) is 12.3 Å². The maximum absolute atomic E-state index is 12.1. The van der Waals surface area contributed by atoms with Crippen LogP contribution in [-0.2, 0) is 23.5 Å².